The molecule has 0 aromatic rings. The fourth-order valence-electron chi connectivity index (χ4n) is 0.453. The number of carbonyl (C=O) groups is 1. The van der Waals surface area contributed by atoms with E-state index in [1.165, 1.54) is 0 Å². The van der Waals surface area contributed by atoms with Gasteiger partial charge in [-0.05, 0) is 6.92 Å². The molecule has 0 bridgehead atoms. The summed E-state index contributed by atoms with van der Waals surface area (Å²) in [5, 5.41) is 17.8. The van der Waals surface area contributed by atoms with Crippen LogP contribution in [0.5, 0.6) is 0 Å². The third-order valence-electron chi connectivity index (χ3n) is 1.15. The minimum absolute atomic E-state index is 0.746. The van der Waals surface area contributed by atoms with E-state index in [0.29, 0.717) is 0 Å². The van der Waals surface area contributed by atoms with Gasteiger partial charge in [-0.15, -0.1) is 4.89 Å². The van der Waals surface area contributed by atoms with Gasteiger partial charge in [0, 0.05) is 6.92 Å². The van der Waals surface area contributed by atoms with Crippen molar-refractivity contribution in [3.05, 3.63) is 0 Å². The van der Waals surface area contributed by atoms with Crippen molar-refractivity contribution in [1.82, 2.24) is 0 Å². The summed E-state index contributed by atoms with van der Waals surface area (Å²) in [6.45, 7) is 2.25. The third kappa shape index (κ3) is 1.48. The molecule has 1 saturated heterocycles. The maximum absolute atomic E-state index is 10.1. The molecule has 1 aliphatic heterocycles. The van der Waals surface area contributed by atoms with Gasteiger partial charge >= 0.3 is 11.9 Å². The van der Waals surface area contributed by atoms with E-state index < -0.39 is 17.7 Å². The third-order valence-corrected chi connectivity index (χ3v) is 1.15. The highest BCUT2D eigenvalue weighted by atomic mass is 17.3. The SMILES string of the molecule is CC(=O)OOC1(O)OC1(C)O. The lowest BCUT2D eigenvalue weighted by atomic mass is 10.4. The zero-order valence-electron chi connectivity index (χ0n) is 6.03. The van der Waals surface area contributed by atoms with Gasteiger partial charge in [-0.2, -0.15) is 0 Å². The average molecular weight is 164 g/mol. The monoisotopic (exact) mass is 164 g/mol. The zero-order valence-corrected chi connectivity index (χ0v) is 6.03. The van der Waals surface area contributed by atoms with E-state index in [2.05, 4.69) is 14.5 Å². The second-order valence-corrected chi connectivity index (χ2v) is 2.33. The minimum atomic E-state index is -2.21. The lowest BCUT2D eigenvalue weighted by molar-refractivity contribution is -0.390. The van der Waals surface area contributed by atoms with Crippen molar-refractivity contribution < 1.29 is 29.5 Å². The lowest BCUT2D eigenvalue weighted by Gasteiger charge is -2.04. The van der Waals surface area contributed by atoms with Gasteiger partial charge in [-0.1, -0.05) is 0 Å². The topological polar surface area (TPSA) is 88.5 Å². The molecule has 6 nitrogen and oxygen atoms in total. The number of epoxide rings is 1. The summed E-state index contributed by atoms with van der Waals surface area (Å²) in [5.74, 6) is -4.76. The summed E-state index contributed by atoms with van der Waals surface area (Å²) in [5.41, 5.74) is 0. The van der Waals surface area contributed by atoms with Gasteiger partial charge < -0.3 is 10.2 Å². The molecule has 2 N–H and O–H groups in total. The molecule has 0 aromatic heterocycles. The molecular formula is C5H8O6. The molecule has 6 heteroatoms. The molecule has 1 heterocycles. The Hall–Kier alpha value is -0.690. The molecule has 0 radical (unpaired) electrons. The van der Waals surface area contributed by atoms with E-state index in [9.17, 15) is 4.79 Å². The van der Waals surface area contributed by atoms with E-state index >= 15 is 0 Å². The van der Waals surface area contributed by atoms with Crippen molar-refractivity contribution in [2.45, 2.75) is 25.6 Å². The van der Waals surface area contributed by atoms with Crippen LogP contribution in [0.15, 0.2) is 0 Å². The lowest BCUT2D eigenvalue weighted by Crippen LogP contribution is -2.26. The van der Waals surface area contributed by atoms with E-state index in [0.717, 1.165) is 13.8 Å². The van der Waals surface area contributed by atoms with Crippen LogP contribution in [-0.2, 0) is 19.3 Å². The standard InChI is InChI=1S/C5H8O6/c1-3(6)9-11-5(8)4(2,7)10-5/h7-8H,1-2H3. The quantitative estimate of drug-likeness (QED) is 0.232. The van der Waals surface area contributed by atoms with Crippen molar-refractivity contribution in [3.8, 4) is 0 Å². The van der Waals surface area contributed by atoms with Crippen molar-refractivity contribution in [2.24, 2.45) is 0 Å². The number of aliphatic hydroxyl groups is 2. The van der Waals surface area contributed by atoms with E-state index in [-0.39, 0.29) is 0 Å². The Kier molecular flexibility index (Phi) is 1.64. The zero-order chi connectivity index (χ0) is 8.70. The summed E-state index contributed by atoms with van der Waals surface area (Å²) in [6, 6.07) is 0. The van der Waals surface area contributed by atoms with E-state index in [4.69, 9.17) is 10.2 Å². The Morgan fingerprint density at radius 1 is 1.55 bits per heavy atom. The van der Waals surface area contributed by atoms with Crippen molar-refractivity contribution in [3.63, 3.8) is 0 Å². The molecule has 11 heavy (non-hydrogen) atoms. The maximum Gasteiger partial charge on any atom is 0.378 e. The minimum Gasteiger partial charge on any atom is -0.359 e. The average Bonchev–Trinajstić information content (AvgIpc) is 2.29. The molecule has 1 aliphatic rings. The predicted molar refractivity (Wildman–Crippen MR) is 29.5 cm³/mol. The van der Waals surface area contributed by atoms with Crippen molar-refractivity contribution in [2.75, 3.05) is 0 Å². The molecule has 0 spiro atoms. The molecule has 0 amide bonds. The first kappa shape index (κ1) is 8.41. The number of carbonyl (C=O) groups excluding carboxylic acids is 1. The number of hydrogen-bond donors (Lipinski definition) is 2. The summed E-state index contributed by atoms with van der Waals surface area (Å²) in [4.78, 5) is 18.1. The van der Waals surface area contributed by atoms with E-state index in [1.54, 1.807) is 0 Å². The summed E-state index contributed by atoms with van der Waals surface area (Å²) in [6.07, 6.45) is 0. The molecule has 0 aromatic carbocycles. The first-order valence-corrected chi connectivity index (χ1v) is 2.88. The van der Waals surface area contributed by atoms with Gasteiger partial charge in [0.1, 0.15) is 0 Å². The Morgan fingerprint density at radius 3 is 2.27 bits per heavy atom. The van der Waals surface area contributed by atoms with Gasteiger partial charge in [-0.25, -0.2) is 4.79 Å². The van der Waals surface area contributed by atoms with Gasteiger partial charge in [0.2, 0.25) is 0 Å². The van der Waals surface area contributed by atoms with Crippen LogP contribution >= 0.6 is 0 Å². The van der Waals surface area contributed by atoms with Crippen molar-refractivity contribution in [1.29, 1.82) is 0 Å². The number of hydrogen-bond acceptors (Lipinski definition) is 6. The van der Waals surface area contributed by atoms with Gasteiger partial charge in [0.15, 0.2) is 0 Å². The largest absolute Gasteiger partial charge is 0.378 e. The summed E-state index contributed by atoms with van der Waals surface area (Å²) < 4.78 is 4.25. The second-order valence-electron chi connectivity index (χ2n) is 2.33. The summed E-state index contributed by atoms with van der Waals surface area (Å²) >= 11 is 0. The van der Waals surface area contributed by atoms with Crippen LogP contribution in [0.25, 0.3) is 0 Å². The van der Waals surface area contributed by atoms with Crippen LogP contribution < -0.4 is 0 Å². The van der Waals surface area contributed by atoms with Crippen LogP contribution in [0.1, 0.15) is 13.8 Å². The van der Waals surface area contributed by atoms with Crippen molar-refractivity contribution >= 4 is 5.97 Å². The Labute approximate surface area is 62.2 Å². The van der Waals surface area contributed by atoms with Gasteiger partial charge in [-0.3, -0.25) is 9.62 Å². The van der Waals surface area contributed by atoms with Crippen LogP contribution in [0.3, 0.4) is 0 Å². The molecule has 2 atom stereocenters. The molecule has 1 fully saturated rings. The molecule has 1 rings (SSSR count). The van der Waals surface area contributed by atoms with E-state index in [1.807, 2.05) is 0 Å². The molecule has 0 aliphatic carbocycles. The highest BCUT2D eigenvalue weighted by molar-refractivity contribution is 5.65. The molecule has 64 valence electrons. The van der Waals surface area contributed by atoms with Crippen LogP contribution in [-0.4, -0.2) is 27.9 Å². The highest BCUT2D eigenvalue weighted by Crippen LogP contribution is 2.43. The smallest absolute Gasteiger partial charge is 0.359 e. The highest BCUT2D eigenvalue weighted by Gasteiger charge is 2.71. The number of ether oxygens (including phenoxy) is 1. The Morgan fingerprint density at radius 2 is 2.00 bits per heavy atom. The fourth-order valence-corrected chi connectivity index (χ4v) is 0.453. The molecule has 2 unspecified atom stereocenters. The second kappa shape index (κ2) is 2.15. The molecular weight excluding hydrogens is 156 g/mol. The Bertz CT molecular complexity index is 187. The fraction of sp³-hybridized carbons (Fsp3) is 0.800. The number of rotatable bonds is 2. The van der Waals surface area contributed by atoms with Gasteiger partial charge in [0.05, 0.1) is 0 Å². The first-order valence-electron chi connectivity index (χ1n) is 2.88. The maximum atomic E-state index is 10.1. The predicted octanol–water partition coefficient (Wildman–Crippen LogP) is -1.13. The van der Waals surface area contributed by atoms with Crippen LogP contribution in [0.4, 0.5) is 0 Å². The van der Waals surface area contributed by atoms with Crippen LogP contribution in [0.2, 0.25) is 0 Å². The molecule has 0 saturated carbocycles. The Balaban J connectivity index is 2.35. The van der Waals surface area contributed by atoms with Gasteiger partial charge in [0.25, 0.3) is 5.79 Å². The summed E-state index contributed by atoms with van der Waals surface area (Å²) in [7, 11) is 0. The first-order chi connectivity index (χ1) is 4.87. The normalized spacial score (nSPS) is 41.8. The van der Waals surface area contributed by atoms with Crippen LogP contribution in [0, 0.1) is 0 Å².